The van der Waals surface area contributed by atoms with Gasteiger partial charge < -0.3 is 9.30 Å². The van der Waals surface area contributed by atoms with Crippen LogP contribution in [0.1, 0.15) is 11.4 Å². The van der Waals surface area contributed by atoms with Gasteiger partial charge in [-0.05, 0) is 33.6 Å². The third kappa shape index (κ3) is 2.43. The van der Waals surface area contributed by atoms with Gasteiger partial charge in [0.05, 0.1) is 5.52 Å². The standard InChI is InChI=1S/C16H16BrN3/c1-19(2)13-8-9-20-14(11-13)16(17)18-15(20)10-12-6-4-3-5-7-12/h3-9,11H,10H2,1-2H3. The molecule has 0 amide bonds. The monoisotopic (exact) mass is 329 g/mol. The number of nitrogens with zero attached hydrogens (tertiary/aromatic N) is 3. The molecule has 0 bridgehead atoms. The van der Waals surface area contributed by atoms with Gasteiger partial charge in [-0.15, -0.1) is 0 Å². The second-order valence-corrected chi connectivity index (χ2v) is 5.77. The van der Waals surface area contributed by atoms with E-state index in [0.29, 0.717) is 0 Å². The van der Waals surface area contributed by atoms with Crippen LogP contribution >= 0.6 is 15.9 Å². The number of fused-ring (bicyclic) bond motifs is 1. The van der Waals surface area contributed by atoms with E-state index in [1.807, 2.05) is 20.2 Å². The Morgan fingerprint density at radius 2 is 1.90 bits per heavy atom. The van der Waals surface area contributed by atoms with Gasteiger partial charge in [0.15, 0.2) is 0 Å². The van der Waals surface area contributed by atoms with Crippen LogP contribution < -0.4 is 4.90 Å². The summed E-state index contributed by atoms with van der Waals surface area (Å²) in [6, 6.07) is 14.7. The van der Waals surface area contributed by atoms with Crippen molar-refractivity contribution in [2.45, 2.75) is 6.42 Å². The van der Waals surface area contributed by atoms with Crippen LogP contribution in [0.25, 0.3) is 5.52 Å². The molecule has 2 heterocycles. The van der Waals surface area contributed by atoms with Crippen molar-refractivity contribution in [2.75, 3.05) is 19.0 Å². The van der Waals surface area contributed by atoms with Crippen LogP contribution in [0.15, 0.2) is 53.3 Å². The maximum atomic E-state index is 4.65. The fraction of sp³-hybridized carbons (Fsp3) is 0.188. The van der Waals surface area contributed by atoms with E-state index in [-0.39, 0.29) is 0 Å². The van der Waals surface area contributed by atoms with Crippen LogP contribution in [0.4, 0.5) is 5.69 Å². The van der Waals surface area contributed by atoms with E-state index in [1.165, 1.54) is 11.3 Å². The van der Waals surface area contributed by atoms with E-state index in [4.69, 9.17) is 0 Å². The van der Waals surface area contributed by atoms with Gasteiger partial charge in [-0.25, -0.2) is 4.98 Å². The van der Waals surface area contributed by atoms with Crippen molar-refractivity contribution in [3.05, 3.63) is 64.7 Å². The molecule has 0 aliphatic heterocycles. The molecule has 0 radical (unpaired) electrons. The van der Waals surface area contributed by atoms with Crippen LogP contribution in [0.2, 0.25) is 0 Å². The Morgan fingerprint density at radius 3 is 2.60 bits per heavy atom. The topological polar surface area (TPSA) is 20.5 Å². The van der Waals surface area contributed by atoms with Gasteiger partial charge in [0.1, 0.15) is 10.4 Å². The SMILES string of the molecule is CN(C)c1ccn2c(Cc3ccccc3)nc(Br)c2c1. The van der Waals surface area contributed by atoms with Gasteiger partial charge in [0.2, 0.25) is 0 Å². The van der Waals surface area contributed by atoms with Crippen molar-refractivity contribution in [3.8, 4) is 0 Å². The van der Waals surface area contributed by atoms with Crippen molar-refractivity contribution in [1.82, 2.24) is 9.38 Å². The summed E-state index contributed by atoms with van der Waals surface area (Å²) in [6.45, 7) is 0. The smallest absolute Gasteiger partial charge is 0.132 e. The second-order valence-electron chi connectivity index (χ2n) is 5.02. The van der Waals surface area contributed by atoms with Crippen molar-refractivity contribution in [3.63, 3.8) is 0 Å². The number of hydrogen-bond donors (Lipinski definition) is 0. The van der Waals surface area contributed by atoms with Crippen LogP contribution in [-0.4, -0.2) is 23.5 Å². The van der Waals surface area contributed by atoms with Crippen molar-refractivity contribution >= 4 is 27.1 Å². The summed E-state index contributed by atoms with van der Waals surface area (Å²) in [6.07, 6.45) is 2.91. The molecule has 0 aliphatic carbocycles. The zero-order valence-corrected chi connectivity index (χ0v) is 13.1. The molecule has 0 spiro atoms. The number of rotatable bonds is 3. The van der Waals surface area contributed by atoms with Gasteiger partial charge in [0.25, 0.3) is 0 Å². The minimum Gasteiger partial charge on any atom is -0.378 e. The molecule has 0 saturated heterocycles. The molecule has 0 atom stereocenters. The van der Waals surface area contributed by atoms with Crippen LogP contribution in [-0.2, 0) is 6.42 Å². The summed E-state index contributed by atoms with van der Waals surface area (Å²) in [5.41, 5.74) is 3.54. The predicted molar refractivity (Wildman–Crippen MR) is 86.5 cm³/mol. The van der Waals surface area contributed by atoms with E-state index >= 15 is 0 Å². The lowest BCUT2D eigenvalue weighted by Gasteiger charge is -2.12. The number of pyridine rings is 1. The zero-order valence-electron chi connectivity index (χ0n) is 11.5. The molecular formula is C16H16BrN3. The number of benzene rings is 1. The van der Waals surface area contributed by atoms with E-state index in [0.717, 1.165) is 22.4 Å². The van der Waals surface area contributed by atoms with E-state index in [1.54, 1.807) is 0 Å². The molecule has 2 aromatic heterocycles. The minimum atomic E-state index is 0.828. The largest absolute Gasteiger partial charge is 0.378 e. The average Bonchev–Trinajstić information content (AvgIpc) is 2.76. The Hall–Kier alpha value is -1.81. The van der Waals surface area contributed by atoms with Crippen molar-refractivity contribution in [2.24, 2.45) is 0 Å². The molecule has 3 nitrogen and oxygen atoms in total. The predicted octanol–water partition coefficient (Wildman–Crippen LogP) is 3.75. The summed E-state index contributed by atoms with van der Waals surface area (Å²) in [5.74, 6) is 1.04. The lowest BCUT2D eigenvalue weighted by Crippen LogP contribution is -2.08. The molecule has 3 aromatic rings. The Balaban J connectivity index is 2.05. The molecule has 0 saturated carbocycles. The molecule has 0 unspecified atom stereocenters. The zero-order chi connectivity index (χ0) is 14.1. The Labute approximate surface area is 127 Å². The van der Waals surface area contributed by atoms with Crippen LogP contribution in [0, 0.1) is 0 Å². The first-order chi connectivity index (χ1) is 9.65. The molecular weight excluding hydrogens is 314 g/mol. The summed E-state index contributed by atoms with van der Waals surface area (Å²) < 4.78 is 3.04. The quantitative estimate of drug-likeness (QED) is 0.729. The fourth-order valence-electron chi connectivity index (χ4n) is 2.28. The first kappa shape index (κ1) is 13.2. The van der Waals surface area contributed by atoms with Gasteiger partial charge >= 0.3 is 0 Å². The number of hydrogen-bond acceptors (Lipinski definition) is 2. The molecule has 0 N–H and O–H groups in total. The fourth-order valence-corrected chi connectivity index (χ4v) is 2.79. The molecule has 102 valence electrons. The second kappa shape index (κ2) is 5.29. The normalized spacial score (nSPS) is 10.9. The third-order valence-corrected chi connectivity index (χ3v) is 3.96. The minimum absolute atomic E-state index is 0.828. The molecule has 1 aromatic carbocycles. The van der Waals surface area contributed by atoms with E-state index < -0.39 is 0 Å². The molecule has 0 fully saturated rings. The highest BCUT2D eigenvalue weighted by Gasteiger charge is 2.10. The number of anilines is 1. The highest BCUT2D eigenvalue weighted by molar-refractivity contribution is 9.10. The molecule has 0 aliphatic rings. The lowest BCUT2D eigenvalue weighted by molar-refractivity contribution is 0.957. The Kier molecular flexibility index (Phi) is 3.49. The summed E-state index contributed by atoms with van der Waals surface area (Å²) >= 11 is 3.56. The van der Waals surface area contributed by atoms with Gasteiger partial charge in [-0.2, -0.15) is 0 Å². The Morgan fingerprint density at radius 1 is 1.15 bits per heavy atom. The molecule has 20 heavy (non-hydrogen) atoms. The van der Waals surface area contributed by atoms with Gasteiger partial charge in [-0.3, -0.25) is 0 Å². The highest BCUT2D eigenvalue weighted by Crippen LogP contribution is 2.24. The lowest BCUT2D eigenvalue weighted by atomic mass is 10.1. The summed E-state index contributed by atoms with van der Waals surface area (Å²) in [4.78, 5) is 6.74. The number of imidazole rings is 1. The first-order valence-electron chi connectivity index (χ1n) is 6.53. The maximum absolute atomic E-state index is 4.65. The Bertz CT molecular complexity index is 732. The maximum Gasteiger partial charge on any atom is 0.132 e. The highest BCUT2D eigenvalue weighted by atomic mass is 79.9. The van der Waals surface area contributed by atoms with E-state index in [9.17, 15) is 0 Å². The van der Waals surface area contributed by atoms with Crippen molar-refractivity contribution in [1.29, 1.82) is 0 Å². The van der Waals surface area contributed by atoms with E-state index in [2.05, 4.69) is 72.8 Å². The average molecular weight is 330 g/mol. The molecule has 4 heteroatoms. The van der Waals surface area contributed by atoms with Crippen LogP contribution in [0.3, 0.4) is 0 Å². The van der Waals surface area contributed by atoms with Gasteiger partial charge in [-0.1, -0.05) is 30.3 Å². The first-order valence-corrected chi connectivity index (χ1v) is 7.32. The molecule has 3 rings (SSSR count). The van der Waals surface area contributed by atoms with Crippen molar-refractivity contribution < 1.29 is 0 Å². The van der Waals surface area contributed by atoms with Gasteiger partial charge in [0, 0.05) is 32.4 Å². The number of aromatic nitrogens is 2. The summed E-state index contributed by atoms with van der Waals surface area (Å²) in [5, 5.41) is 0. The number of halogens is 1. The third-order valence-electron chi connectivity index (χ3n) is 3.38. The van der Waals surface area contributed by atoms with Crippen LogP contribution in [0.5, 0.6) is 0 Å². The summed E-state index contributed by atoms with van der Waals surface area (Å²) in [7, 11) is 4.09.